The van der Waals surface area contributed by atoms with Crippen LogP contribution in [0.25, 0.3) is 10.4 Å². The number of hydrogen-bond donors (Lipinski definition) is 1. The van der Waals surface area contributed by atoms with Gasteiger partial charge in [-0.3, -0.25) is 9.59 Å². The Labute approximate surface area is 189 Å². The Morgan fingerprint density at radius 1 is 1.03 bits per heavy atom. The molecule has 2 aromatic carbocycles. The van der Waals surface area contributed by atoms with E-state index in [9.17, 15) is 9.59 Å². The summed E-state index contributed by atoms with van der Waals surface area (Å²) in [5, 5.41) is 3.14. The molecule has 0 saturated heterocycles. The molecule has 1 fully saturated rings. The summed E-state index contributed by atoms with van der Waals surface area (Å²) in [5.74, 6) is 1.19. The SMILES string of the molecule is O=C(NC1CCC1)c1cc2c(s1)-c1ccccc1N(C(=O)c1ccc3c(c1)OCO3)CC2. The fraction of sp³-hybridized carbons (Fsp3) is 0.280. The second kappa shape index (κ2) is 7.67. The van der Waals surface area contributed by atoms with Crippen LogP contribution in [-0.2, 0) is 6.42 Å². The molecule has 32 heavy (non-hydrogen) atoms. The van der Waals surface area contributed by atoms with Gasteiger partial charge in [-0.05, 0) is 61.6 Å². The molecule has 7 heteroatoms. The van der Waals surface area contributed by atoms with Gasteiger partial charge >= 0.3 is 0 Å². The maximum absolute atomic E-state index is 13.5. The predicted molar refractivity (Wildman–Crippen MR) is 123 cm³/mol. The summed E-state index contributed by atoms with van der Waals surface area (Å²) >= 11 is 1.52. The molecule has 0 spiro atoms. The minimum Gasteiger partial charge on any atom is -0.454 e. The Morgan fingerprint density at radius 3 is 2.72 bits per heavy atom. The Balaban J connectivity index is 1.33. The number of carbonyl (C=O) groups is 2. The summed E-state index contributed by atoms with van der Waals surface area (Å²) in [6.45, 7) is 0.716. The summed E-state index contributed by atoms with van der Waals surface area (Å²) in [7, 11) is 0. The van der Waals surface area contributed by atoms with E-state index in [2.05, 4.69) is 5.32 Å². The topological polar surface area (TPSA) is 67.9 Å². The van der Waals surface area contributed by atoms with Crippen LogP contribution < -0.4 is 19.7 Å². The molecule has 1 saturated carbocycles. The number of carbonyl (C=O) groups excluding carboxylic acids is 2. The highest BCUT2D eigenvalue weighted by Crippen LogP contribution is 2.42. The molecular weight excluding hydrogens is 424 g/mol. The molecule has 2 aliphatic heterocycles. The van der Waals surface area contributed by atoms with E-state index in [1.165, 1.54) is 17.8 Å². The summed E-state index contributed by atoms with van der Waals surface area (Å²) in [5.41, 5.74) is 3.53. The zero-order valence-electron chi connectivity index (χ0n) is 17.4. The van der Waals surface area contributed by atoms with Crippen LogP contribution in [0.1, 0.15) is 44.9 Å². The number of anilines is 1. The van der Waals surface area contributed by atoms with Gasteiger partial charge in [-0.25, -0.2) is 0 Å². The average molecular weight is 447 g/mol. The minimum atomic E-state index is -0.0751. The fourth-order valence-corrected chi connectivity index (χ4v) is 5.56. The number of fused-ring (bicyclic) bond motifs is 4. The number of nitrogens with one attached hydrogen (secondary N) is 1. The number of benzene rings is 2. The first kappa shape index (κ1) is 19.4. The van der Waals surface area contributed by atoms with Crippen molar-refractivity contribution >= 4 is 28.8 Å². The van der Waals surface area contributed by atoms with Crippen molar-refractivity contribution in [2.45, 2.75) is 31.7 Å². The number of rotatable bonds is 3. The normalized spacial score (nSPS) is 16.6. The lowest BCUT2D eigenvalue weighted by atomic mass is 9.93. The van der Waals surface area contributed by atoms with Gasteiger partial charge in [-0.15, -0.1) is 11.3 Å². The van der Waals surface area contributed by atoms with E-state index in [1.54, 1.807) is 18.2 Å². The predicted octanol–water partition coefficient (Wildman–Crippen LogP) is 4.63. The van der Waals surface area contributed by atoms with E-state index < -0.39 is 0 Å². The highest BCUT2D eigenvalue weighted by molar-refractivity contribution is 7.17. The molecule has 2 amide bonds. The number of amides is 2. The van der Waals surface area contributed by atoms with Crippen LogP contribution >= 0.6 is 11.3 Å². The second-order valence-electron chi connectivity index (χ2n) is 8.36. The number of hydrogen-bond acceptors (Lipinski definition) is 5. The maximum Gasteiger partial charge on any atom is 0.261 e. The lowest BCUT2D eigenvalue weighted by Gasteiger charge is -2.26. The number of nitrogens with zero attached hydrogens (tertiary/aromatic N) is 1. The van der Waals surface area contributed by atoms with Crippen molar-refractivity contribution in [1.29, 1.82) is 0 Å². The molecule has 1 N–H and O–H groups in total. The van der Waals surface area contributed by atoms with Gasteiger partial charge in [-0.1, -0.05) is 18.2 Å². The standard InChI is InChI=1S/C25H22N2O4S/c28-24(26-17-4-3-5-17)22-13-15-10-11-27(19-7-2-1-6-18(19)23(15)32-22)25(29)16-8-9-20-21(12-16)31-14-30-20/h1-2,6-9,12-13,17H,3-5,10-11,14H2,(H,26,28). The van der Waals surface area contributed by atoms with Crippen molar-refractivity contribution in [2.24, 2.45) is 0 Å². The molecular formula is C25H22N2O4S. The zero-order chi connectivity index (χ0) is 21.7. The number of thiophene rings is 1. The summed E-state index contributed by atoms with van der Waals surface area (Å²) in [4.78, 5) is 29.9. The third kappa shape index (κ3) is 3.24. The van der Waals surface area contributed by atoms with E-state index in [4.69, 9.17) is 9.47 Å². The number of ether oxygens (including phenoxy) is 2. The van der Waals surface area contributed by atoms with Crippen LogP contribution in [0, 0.1) is 0 Å². The van der Waals surface area contributed by atoms with Gasteiger partial charge in [0, 0.05) is 28.6 Å². The third-order valence-electron chi connectivity index (χ3n) is 6.38. The van der Waals surface area contributed by atoms with Crippen LogP contribution in [0.5, 0.6) is 11.5 Å². The molecule has 1 aromatic heterocycles. The Hall–Kier alpha value is -3.32. The van der Waals surface area contributed by atoms with Crippen molar-refractivity contribution in [2.75, 3.05) is 18.2 Å². The summed E-state index contributed by atoms with van der Waals surface area (Å²) in [6, 6.07) is 15.5. The summed E-state index contributed by atoms with van der Waals surface area (Å²) in [6.07, 6.45) is 4.01. The molecule has 0 radical (unpaired) electrons. The first-order valence-corrected chi connectivity index (χ1v) is 11.7. The van der Waals surface area contributed by atoms with Crippen molar-refractivity contribution in [3.8, 4) is 21.9 Å². The fourth-order valence-electron chi connectivity index (χ4n) is 4.41. The molecule has 3 aliphatic rings. The number of para-hydroxylation sites is 1. The molecule has 1 aliphatic carbocycles. The first-order chi connectivity index (χ1) is 15.7. The molecule has 6 rings (SSSR count). The smallest absolute Gasteiger partial charge is 0.261 e. The van der Waals surface area contributed by atoms with Gasteiger partial charge in [0.1, 0.15) is 0 Å². The maximum atomic E-state index is 13.5. The molecule has 3 aromatic rings. The van der Waals surface area contributed by atoms with Crippen molar-refractivity contribution in [1.82, 2.24) is 5.32 Å². The average Bonchev–Trinajstić information content (AvgIpc) is 3.40. The lowest BCUT2D eigenvalue weighted by molar-refractivity contribution is 0.0920. The Morgan fingerprint density at radius 2 is 1.88 bits per heavy atom. The van der Waals surface area contributed by atoms with Gasteiger partial charge in [0.2, 0.25) is 6.79 Å². The van der Waals surface area contributed by atoms with Gasteiger partial charge in [0.25, 0.3) is 11.8 Å². The van der Waals surface area contributed by atoms with E-state index in [-0.39, 0.29) is 18.6 Å². The van der Waals surface area contributed by atoms with E-state index in [1.807, 2.05) is 35.2 Å². The van der Waals surface area contributed by atoms with Gasteiger partial charge < -0.3 is 19.7 Å². The van der Waals surface area contributed by atoms with Gasteiger partial charge in [0.15, 0.2) is 11.5 Å². The highest BCUT2D eigenvalue weighted by Gasteiger charge is 2.29. The minimum absolute atomic E-state index is 0.0125. The van der Waals surface area contributed by atoms with Crippen LogP contribution in [-0.4, -0.2) is 31.2 Å². The van der Waals surface area contributed by atoms with Crippen molar-refractivity contribution < 1.29 is 19.1 Å². The lowest BCUT2D eigenvalue weighted by Crippen LogP contribution is -2.39. The van der Waals surface area contributed by atoms with Crippen molar-refractivity contribution in [3.05, 3.63) is 64.5 Å². The second-order valence-corrected chi connectivity index (χ2v) is 9.41. The van der Waals surface area contributed by atoms with E-state index >= 15 is 0 Å². The van der Waals surface area contributed by atoms with Crippen molar-refractivity contribution in [3.63, 3.8) is 0 Å². The molecule has 162 valence electrons. The molecule has 3 heterocycles. The van der Waals surface area contributed by atoms with Crippen LogP contribution in [0.4, 0.5) is 5.69 Å². The van der Waals surface area contributed by atoms with Gasteiger partial charge in [-0.2, -0.15) is 0 Å². The van der Waals surface area contributed by atoms with Crippen LogP contribution in [0.15, 0.2) is 48.5 Å². The Kier molecular flexibility index (Phi) is 4.64. The highest BCUT2D eigenvalue weighted by atomic mass is 32.1. The molecule has 0 bridgehead atoms. The molecule has 6 nitrogen and oxygen atoms in total. The van der Waals surface area contributed by atoms with Crippen LogP contribution in [0.2, 0.25) is 0 Å². The van der Waals surface area contributed by atoms with Crippen LogP contribution in [0.3, 0.4) is 0 Å². The first-order valence-electron chi connectivity index (χ1n) is 10.9. The third-order valence-corrected chi connectivity index (χ3v) is 7.59. The Bertz CT molecular complexity index is 1230. The summed E-state index contributed by atoms with van der Waals surface area (Å²) < 4.78 is 10.8. The molecule has 0 atom stereocenters. The molecule has 0 unspecified atom stereocenters. The monoisotopic (exact) mass is 446 g/mol. The van der Waals surface area contributed by atoms with E-state index in [0.29, 0.717) is 36.1 Å². The largest absolute Gasteiger partial charge is 0.454 e. The van der Waals surface area contributed by atoms with Gasteiger partial charge in [0.05, 0.1) is 10.6 Å². The quantitative estimate of drug-likeness (QED) is 0.637. The zero-order valence-corrected chi connectivity index (χ0v) is 18.2. The van der Waals surface area contributed by atoms with E-state index in [0.717, 1.165) is 39.4 Å².